The van der Waals surface area contributed by atoms with Gasteiger partial charge in [0.1, 0.15) is 17.7 Å². The van der Waals surface area contributed by atoms with Gasteiger partial charge in [-0.05, 0) is 132 Å². The molecule has 5 heterocycles. The number of likely N-dealkylation sites (tertiary alicyclic amines) is 1. The summed E-state index contributed by atoms with van der Waals surface area (Å²) in [6.45, 7) is 5.27. The van der Waals surface area contributed by atoms with Gasteiger partial charge in [0.25, 0.3) is 16.1 Å². The molecular weight excluding hydrogens is 1230 g/mol. The zero-order chi connectivity index (χ0) is 66.9. The first-order chi connectivity index (χ1) is 46.8. The lowest BCUT2D eigenvalue weighted by molar-refractivity contribution is -0.757. The standard InChI is InChI=1S/C37H35N7O6.C32H32N8O6/c1-25-38-33-15-9-14-32(34(45)23-29(22-26-10-3-2-4-11-26)37(46)49-20-7-8-21-50-44(47)48)35(33)43(25)24-27-16-18-28(19-17-27)30-12-5-6-13-31(30)36-39-41-42-40-36;1-21-33-27-11-6-10-26(31(41)38-17-7-12-28(38)32(42)45-18-4-5-19-46-40(43)44)29(27)39(21)20-22-13-15-23(16-14-22)24-8-2-3-9-25(24)30-34-36-37-35-30/h2-6,9-19,29H,7-8,20-24H2,1H3,(H,39,40,41,42);2-3,6,8-11,13-16,28H,4-5,7,12,17-20H2,1H3,(H,34,35,36,37)/t;28-/m.0/s1. The molecule has 96 heavy (non-hydrogen) atoms. The predicted molar refractivity (Wildman–Crippen MR) is 350 cm³/mol. The minimum Gasteiger partial charge on any atom is -0.465 e. The fourth-order valence-electron chi connectivity index (χ4n) is 11.9. The molecule has 1 amide bonds. The Kier molecular flexibility index (Phi) is 21.3. The fraction of sp³-hybridized carbons (Fsp3) is 0.275. The van der Waals surface area contributed by atoms with Crippen molar-refractivity contribution in [1.29, 1.82) is 0 Å². The van der Waals surface area contributed by atoms with Crippen molar-refractivity contribution in [1.82, 2.24) is 65.3 Å². The molecule has 0 aliphatic carbocycles. The van der Waals surface area contributed by atoms with Gasteiger partial charge in [-0.3, -0.25) is 14.4 Å². The van der Waals surface area contributed by atoms with Crippen LogP contribution < -0.4 is 0 Å². The number of aryl methyl sites for hydroxylation is 2. The SMILES string of the molecule is Cc1nc2cccc(C(=O)CC(Cc3ccccc3)C(=O)OCCCCO[N+](=O)[O-])c2n1Cc1ccc(-c2ccccc2-c2nn[nH]n2)cc1.Cc1nc2cccc(C(=O)N3CCC[C@H]3C(=O)OCCCCO[N+](=O)[O-])c2n1Cc1ccc(-c2ccccc2-c2nn[nH]n2)cc1. The lowest BCUT2D eigenvalue weighted by Crippen LogP contribution is -2.41. The van der Waals surface area contributed by atoms with Crippen LogP contribution >= 0.6 is 0 Å². The largest absolute Gasteiger partial charge is 0.465 e. The summed E-state index contributed by atoms with van der Waals surface area (Å²) in [5.74, 6) is 0.424. The number of imidazole rings is 2. The van der Waals surface area contributed by atoms with Crippen molar-refractivity contribution in [3.05, 3.63) is 223 Å². The van der Waals surface area contributed by atoms with E-state index >= 15 is 0 Å². The number of tetrazole rings is 2. The van der Waals surface area contributed by atoms with Gasteiger partial charge in [0.15, 0.2) is 5.78 Å². The summed E-state index contributed by atoms with van der Waals surface area (Å²) in [5.41, 5.74) is 12.4. The number of unbranched alkanes of at least 4 members (excludes halogenated alkanes) is 2. The Bertz CT molecular complexity index is 4510. The van der Waals surface area contributed by atoms with Gasteiger partial charge in [0.05, 0.1) is 60.0 Å². The Balaban J connectivity index is 0.000000196. The predicted octanol–water partition coefficient (Wildman–Crippen LogP) is 10.6. The molecule has 1 aliphatic rings. The molecule has 2 N–H and O–H groups in total. The van der Waals surface area contributed by atoms with E-state index in [-0.39, 0.29) is 44.5 Å². The number of nitrogens with one attached hydrogen (secondary N) is 2. The lowest BCUT2D eigenvalue weighted by Gasteiger charge is -2.24. The molecule has 0 spiro atoms. The van der Waals surface area contributed by atoms with Crippen LogP contribution in [0.2, 0.25) is 0 Å². The number of amides is 1. The van der Waals surface area contributed by atoms with Crippen molar-refractivity contribution in [2.75, 3.05) is 33.0 Å². The average Bonchev–Trinajstić information content (AvgIpc) is 1.60. The van der Waals surface area contributed by atoms with E-state index in [1.165, 1.54) is 0 Å². The van der Waals surface area contributed by atoms with Gasteiger partial charge in [0.2, 0.25) is 11.6 Å². The van der Waals surface area contributed by atoms with Crippen molar-refractivity contribution in [3.8, 4) is 45.0 Å². The molecule has 4 aromatic heterocycles. The molecule has 1 unspecified atom stereocenters. The maximum atomic E-state index is 14.0. The van der Waals surface area contributed by atoms with Crippen LogP contribution in [0.1, 0.15) is 94.0 Å². The molecule has 0 radical (unpaired) electrons. The number of rotatable bonds is 28. The minimum atomic E-state index is -0.849. The van der Waals surface area contributed by atoms with Gasteiger partial charge in [-0.2, -0.15) is 10.4 Å². The van der Waals surface area contributed by atoms with Crippen molar-refractivity contribution in [2.45, 2.75) is 84.3 Å². The summed E-state index contributed by atoms with van der Waals surface area (Å²) in [5, 5.41) is 47.9. The number of ether oxygens (including phenoxy) is 2. The first-order valence-corrected chi connectivity index (χ1v) is 31.3. The molecule has 490 valence electrons. The summed E-state index contributed by atoms with van der Waals surface area (Å²) in [4.78, 5) is 94.6. The molecule has 1 saturated heterocycles. The van der Waals surface area contributed by atoms with E-state index in [1.54, 1.807) is 29.2 Å². The highest BCUT2D eigenvalue weighted by Crippen LogP contribution is 2.34. The van der Waals surface area contributed by atoms with Gasteiger partial charge in [-0.15, -0.1) is 40.6 Å². The van der Waals surface area contributed by atoms with Crippen LogP contribution in [0.4, 0.5) is 0 Å². The molecule has 0 saturated carbocycles. The number of para-hydroxylation sites is 2. The number of carbonyl (C=O) groups excluding carboxylic acids is 4. The number of esters is 2. The maximum absolute atomic E-state index is 14.0. The number of benzene rings is 7. The molecule has 0 bridgehead atoms. The number of aromatic amines is 2. The number of ketones is 1. The summed E-state index contributed by atoms with van der Waals surface area (Å²) in [6, 6.07) is 51.8. The van der Waals surface area contributed by atoms with Crippen molar-refractivity contribution >= 4 is 45.7 Å². The maximum Gasteiger partial charge on any atom is 0.328 e. The second-order valence-corrected chi connectivity index (χ2v) is 22.8. The summed E-state index contributed by atoms with van der Waals surface area (Å²) < 4.78 is 15.0. The van der Waals surface area contributed by atoms with E-state index < -0.39 is 34.1 Å². The second-order valence-electron chi connectivity index (χ2n) is 22.8. The molecule has 1 aliphatic heterocycles. The third-order valence-electron chi connectivity index (χ3n) is 16.5. The fourth-order valence-corrected chi connectivity index (χ4v) is 11.9. The monoisotopic (exact) mass is 1300 g/mol. The number of nitrogens with zero attached hydrogens (tertiary/aromatic N) is 13. The molecule has 7 aromatic carbocycles. The van der Waals surface area contributed by atoms with E-state index in [1.807, 2.05) is 163 Å². The molecule has 2 atom stereocenters. The minimum absolute atomic E-state index is 0.0595. The van der Waals surface area contributed by atoms with Crippen LogP contribution in [-0.4, -0.2) is 138 Å². The van der Waals surface area contributed by atoms with Gasteiger partial charge in [-0.25, -0.2) is 14.8 Å². The van der Waals surface area contributed by atoms with Gasteiger partial charge in [0, 0.05) is 42.7 Å². The number of carbonyl (C=O) groups is 4. The van der Waals surface area contributed by atoms with Crippen molar-refractivity contribution in [3.63, 3.8) is 0 Å². The zero-order valence-electron chi connectivity index (χ0n) is 52.6. The van der Waals surface area contributed by atoms with Gasteiger partial charge >= 0.3 is 11.9 Å². The van der Waals surface area contributed by atoms with E-state index in [9.17, 15) is 39.4 Å². The molecular formula is C69H67N15O12. The van der Waals surface area contributed by atoms with E-state index in [0.29, 0.717) is 109 Å². The molecule has 27 heteroatoms. The molecule has 12 rings (SSSR count). The van der Waals surface area contributed by atoms with Crippen LogP contribution in [-0.2, 0) is 48.2 Å². The van der Waals surface area contributed by atoms with Crippen LogP contribution in [0.5, 0.6) is 0 Å². The third-order valence-corrected chi connectivity index (χ3v) is 16.5. The topological polar surface area (TPSA) is 339 Å². The smallest absolute Gasteiger partial charge is 0.328 e. The quantitative estimate of drug-likeness (QED) is 0.0151. The van der Waals surface area contributed by atoms with Gasteiger partial charge in [-0.1, -0.05) is 140 Å². The first kappa shape index (κ1) is 65.6. The highest BCUT2D eigenvalue weighted by Gasteiger charge is 2.37. The van der Waals surface area contributed by atoms with E-state index in [4.69, 9.17) is 19.4 Å². The third kappa shape index (κ3) is 15.9. The Morgan fingerprint density at radius 1 is 0.552 bits per heavy atom. The number of fused-ring (bicyclic) bond motifs is 2. The second kappa shape index (κ2) is 31.1. The molecule has 11 aromatic rings. The Morgan fingerprint density at radius 2 is 1.03 bits per heavy atom. The normalized spacial score (nSPS) is 13.0. The zero-order valence-corrected chi connectivity index (χ0v) is 52.6. The number of H-pyrrole nitrogens is 2. The molecule has 27 nitrogen and oxygen atoms in total. The lowest BCUT2D eigenvalue weighted by atomic mass is 9.91. The van der Waals surface area contributed by atoms with Gasteiger partial charge < -0.3 is 33.2 Å². The van der Waals surface area contributed by atoms with Crippen LogP contribution in [0, 0.1) is 40.0 Å². The number of Topliss-reactive ketones (excluding diaryl/α,β-unsaturated/α-hetero) is 1. The van der Waals surface area contributed by atoms with Crippen LogP contribution in [0.15, 0.2) is 164 Å². The van der Waals surface area contributed by atoms with Crippen molar-refractivity contribution < 1.29 is 48.5 Å². The Hall–Kier alpha value is -11.9. The van der Waals surface area contributed by atoms with Crippen molar-refractivity contribution in [2.24, 2.45) is 5.92 Å². The highest BCUT2D eigenvalue weighted by atomic mass is 17.0. The summed E-state index contributed by atoms with van der Waals surface area (Å²) in [7, 11) is 0. The first-order valence-electron chi connectivity index (χ1n) is 31.3. The summed E-state index contributed by atoms with van der Waals surface area (Å²) >= 11 is 0. The summed E-state index contributed by atoms with van der Waals surface area (Å²) in [6.07, 6.45) is 3.01. The van der Waals surface area contributed by atoms with Crippen LogP contribution in [0.3, 0.4) is 0 Å². The van der Waals surface area contributed by atoms with E-state index in [0.717, 1.165) is 61.7 Å². The Labute approximate surface area is 549 Å². The number of aromatic nitrogens is 12. The number of hydrogen-bond donors (Lipinski definition) is 2. The average molecular weight is 1300 g/mol. The van der Waals surface area contributed by atoms with E-state index in [2.05, 4.69) is 50.9 Å². The Morgan fingerprint density at radius 3 is 1.54 bits per heavy atom. The number of hydrogen-bond acceptors (Lipinski definition) is 20. The molecule has 1 fully saturated rings. The highest BCUT2D eigenvalue weighted by molar-refractivity contribution is 6.08. The van der Waals surface area contributed by atoms with Crippen LogP contribution in [0.25, 0.3) is 67.1 Å².